The lowest BCUT2D eigenvalue weighted by Gasteiger charge is -2.36. The molecule has 1 aliphatic rings. The van der Waals surface area contributed by atoms with E-state index in [-0.39, 0.29) is 6.03 Å². The first kappa shape index (κ1) is 16.1. The first-order chi connectivity index (χ1) is 11.6. The number of amides is 2. The van der Waals surface area contributed by atoms with Gasteiger partial charge in [-0.3, -0.25) is 4.98 Å². The van der Waals surface area contributed by atoms with Crippen LogP contribution in [0.5, 0.6) is 0 Å². The summed E-state index contributed by atoms with van der Waals surface area (Å²) >= 11 is 0. The molecule has 0 bridgehead atoms. The first-order valence-corrected chi connectivity index (χ1v) is 8.12. The van der Waals surface area contributed by atoms with E-state index < -0.39 is 0 Å². The molecule has 3 rings (SSSR count). The quantitative estimate of drug-likeness (QED) is 0.942. The lowest BCUT2D eigenvalue weighted by Crippen LogP contribution is -2.50. The summed E-state index contributed by atoms with van der Waals surface area (Å²) in [5.74, 6) is 0. The number of anilines is 3. The third kappa shape index (κ3) is 3.59. The maximum absolute atomic E-state index is 12.6. The van der Waals surface area contributed by atoms with Gasteiger partial charge < -0.3 is 20.0 Å². The molecule has 1 aromatic carbocycles. The first-order valence-electron chi connectivity index (χ1n) is 8.12. The zero-order chi connectivity index (χ0) is 16.9. The van der Waals surface area contributed by atoms with Crippen LogP contribution in [0, 0.1) is 0 Å². The van der Waals surface area contributed by atoms with E-state index in [1.165, 1.54) is 0 Å². The van der Waals surface area contributed by atoms with Crippen molar-refractivity contribution in [1.29, 1.82) is 0 Å². The van der Waals surface area contributed by atoms with Gasteiger partial charge in [0.05, 0.1) is 11.4 Å². The fourth-order valence-corrected chi connectivity index (χ4v) is 2.89. The summed E-state index contributed by atoms with van der Waals surface area (Å²) in [6.07, 6.45) is 3.60. The summed E-state index contributed by atoms with van der Waals surface area (Å²) in [7, 11) is 3.94. The number of piperazine rings is 1. The normalized spacial score (nSPS) is 14.4. The molecule has 0 spiro atoms. The van der Waals surface area contributed by atoms with Crippen LogP contribution >= 0.6 is 0 Å². The Morgan fingerprint density at radius 3 is 2.38 bits per heavy atom. The molecular weight excluding hydrogens is 302 g/mol. The zero-order valence-electron chi connectivity index (χ0n) is 14.1. The van der Waals surface area contributed by atoms with Crippen LogP contribution in [0.25, 0.3) is 0 Å². The van der Waals surface area contributed by atoms with E-state index in [0.717, 1.165) is 30.2 Å². The molecule has 1 aromatic heterocycles. The van der Waals surface area contributed by atoms with Crippen molar-refractivity contribution in [2.75, 3.05) is 55.4 Å². The van der Waals surface area contributed by atoms with Gasteiger partial charge in [0.25, 0.3) is 0 Å². The summed E-state index contributed by atoms with van der Waals surface area (Å²) in [6.45, 7) is 3.07. The van der Waals surface area contributed by atoms with Gasteiger partial charge in [0.15, 0.2) is 0 Å². The predicted molar refractivity (Wildman–Crippen MR) is 97.8 cm³/mol. The smallest absolute Gasteiger partial charge is 0.322 e. The number of urea groups is 1. The Morgan fingerprint density at radius 2 is 1.71 bits per heavy atom. The highest BCUT2D eigenvalue weighted by Crippen LogP contribution is 2.24. The van der Waals surface area contributed by atoms with Crippen molar-refractivity contribution in [2.24, 2.45) is 0 Å². The van der Waals surface area contributed by atoms with Crippen molar-refractivity contribution in [1.82, 2.24) is 9.88 Å². The number of carbonyl (C=O) groups is 1. The molecule has 2 heterocycles. The summed E-state index contributed by atoms with van der Waals surface area (Å²) in [4.78, 5) is 22.7. The van der Waals surface area contributed by atoms with Gasteiger partial charge in [-0.2, -0.15) is 0 Å². The van der Waals surface area contributed by atoms with Gasteiger partial charge in [0.2, 0.25) is 0 Å². The van der Waals surface area contributed by atoms with Gasteiger partial charge in [-0.15, -0.1) is 0 Å². The number of hydrogen-bond donors (Lipinski definition) is 1. The molecule has 2 aromatic rings. The van der Waals surface area contributed by atoms with Gasteiger partial charge in [-0.05, 0) is 24.3 Å². The van der Waals surface area contributed by atoms with Crippen LogP contribution < -0.4 is 15.1 Å². The van der Waals surface area contributed by atoms with E-state index in [0.29, 0.717) is 13.1 Å². The summed E-state index contributed by atoms with van der Waals surface area (Å²) in [6, 6.07) is 11.8. The van der Waals surface area contributed by atoms with Gasteiger partial charge in [0.1, 0.15) is 0 Å². The Kier molecular flexibility index (Phi) is 4.84. The third-order valence-electron chi connectivity index (χ3n) is 4.22. The van der Waals surface area contributed by atoms with Crippen LogP contribution in [0.4, 0.5) is 21.9 Å². The van der Waals surface area contributed by atoms with Crippen molar-refractivity contribution in [3.63, 3.8) is 0 Å². The van der Waals surface area contributed by atoms with Crippen LogP contribution in [-0.4, -0.2) is 56.2 Å². The van der Waals surface area contributed by atoms with Gasteiger partial charge in [-0.25, -0.2) is 4.79 Å². The molecule has 0 radical (unpaired) electrons. The topological polar surface area (TPSA) is 51.7 Å². The second kappa shape index (κ2) is 7.21. The average Bonchev–Trinajstić information content (AvgIpc) is 2.63. The number of aromatic nitrogens is 1. The minimum Gasteiger partial charge on any atom is -0.376 e. The lowest BCUT2D eigenvalue weighted by molar-refractivity contribution is 0.208. The van der Waals surface area contributed by atoms with E-state index >= 15 is 0 Å². The zero-order valence-corrected chi connectivity index (χ0v) is 14.1. The molecule has 0 atom stereocenters. The monoisotopic (exact) mass is 325 g/mol. The van der Waals surface area contributed by atoms with Crippen molar-refractivity contribution < 1.29 is 4.79 Å². The fraction of sp³-hybridized carbons (Fsp3) is 0.333. The summed E-state index contributed by atoms with van der Waals surface area (Å²) in [5.41, 5.74) is 2.99. The Bertz CT molecular complexity index is 681. The maximum atomic E-state index is 12.6. The molecule has 1 aliphatic heterocycles. The van der Waals surface area contributed by atoms with Crippen LogP contribution in [0.3, 0.4) is 0 Å². The number of para-hydroxylation sites is 2. The molecule has 6 nitrogen and oxygen atoms in total. The maximum Gasteiger partial charge on any atom is 0.322 e. The Morgan fingerprint density at radius 1 is 1.04 bits per heavy atom. The lowest BCUT2D eigenvalue weighted by atomic mass is 10.2. The van der Waals surface area contributed by atoms with Gasteiger partial charge in [-0.1, -0.05) is 12.1 Å². The van der Waals surface area contributed by atoms with Crippen LogP contribution in [-0.2, 0) is 0 Å². The van der Waals surface area contributed by atoms with E-state index in [4.69, 9.17) is 0 Å². The third-order valence-corrected chi connectivity index (χ3v) is 4.22. The number of rotatable bonds is 3. The molecule has 2 amide bonds. The van der Waals surface area contributed by atoms with Crippen molar-refractivity contribution in [2.45, 2.75) is 0 Å². The molecule has 24 heavy (non-hydrogen) atoms. The fourth-order valence-electron chi connectivity index (χ4n) is 2.89. The number of carbonyl (C=O) groups excluding carboxylic acids is 1. The van der Waals surface area contributed by atoms with Gasteiger partial charge >= 0.3 is 6.03 Å². The highest BCUT2D eigenvalue weighted by molar-refractivity contribution is 5.93. The molecule has 0 saturated carbocycles. The van der Waals surface area contributed by atoms with Crippen molar-refractivity contribution in [3.8, 4) is 0 Å². The number of benzene rings is 1. The van der Waals surface area contributed by atoms with Gasteiger partial charge in [0, 0.05) is 58.4 Å². The summed E-state index contributed by atoms with van der Waals surface area (Å²) < 4.78 is 0. The molecule has 1 saturated heterocycles. The Balaban J connectivity index is 1.60. The van der Waals surface area contributed by atoms with E-state index in [9.17, 15) is 4.79 Å². The van der Waals surface area contributed by atoms with Crippen molar-refractivity contribution in [3.05, 3.63) is 48.8 Å². The molecule has 1 fully saturated rings. The summed E-state index contributed by atoms with van der Waals surface area (Å²) in [5, 5.41) is 3.03. The highest BCUT2D eigenvalue weighted by atomic mass is 16.2. The van der Waals surface area contributed by atoms with Crippen LogP contribution in [0.2, 0.25) is 0 Å². The molecule has 1 N–H and O–H groups in total. The van der Waals surface area contributed by atoms with Crippen molar-refractivity contribution >= 4 is 23.1 Å². The van der Waals surface area contributed by atoms with E-state index in [1.807, 2.05) is 60.3 Å². The molecule has 0 unspecified atom stereocenters. The van der Waals surface area contributed by atoms with E-state index in [1.54, 1.807) is 12.4 Å². The number of pyridine rings is 1. The second-order valence-corrected chi connectivity index (χ2v) is 6.02. The number of nitrogens with one attached hydrogen (secondary N) is 1. The largest absolute Gasteiger partial charge is 0.376 e. The SMILES string of the molecule is CN(C)c1ccccc1NC(=O)N1CCN(c2ccncc2)CC1. The highest BCUT2D eigenvalue weighted by Gasteiger charge is 2.22. The minimum atomic E-state index is -0.0429. The number of nitrogens with zero attached hydrogens (tertiary/aromatic N) is 4. The molecular formula is C18H23N5O. The molecule has 126 valence electrons. The van der Waals surface area contributed by atoms with E-state index in [2.05, 4.69) is 15.2 Å². The van der Waals surface area contributed by atoms with Crippen LogP contribution in [0.15, 0.2) is 48.8 Å². The Hall–Kier alpha value is -2.76. The standard InChI is InChI=1S/C18H23N5O/c1-21(2)17-6-4-3-5-16(17)20-18(24)23-13-11-22(12-14-23)15-7-9-19-10-8-15/h3-10H,11-14H2,1-2H3,(H,20,24). The van der Waals surface area contributed by atoms with Crippen LogP contribution in [0.1, 0.15) is 0 Å². The number of hydrogen-bond acceptors (Lipinski definition) is 4. The average molecular weight is 325 g/mol. The molecule has 0 aliphatic carbocycles. The predicted octanol–water partition coefficient (Wildman–Crippen LogP) is 2.50. The minimum absolute atomic E-state index is 0.0429. The second-order valence-electron chi connectivity index (χ2n) is 6.02. The Labute approximate surface area is 142 Å². The molecule has 6 heteroatoms.